The molecule has 2 rings (SSSR count). The van der Waals surface area contributed by atoms with Gasteiger partial charge in [-0.2, -0.15) is 0 Å². The van der Waals surface area contributed by atoms with Crippen LogP contribution in [-0.4, -0.2) is 49.0 Å². The third-order valence-electron chi connectivity index (χ3n) is 3.20. The van der Waals surface area contributed by atoms with E-state index in [4.69, 9.17) is 0 Å². The number of nitrogens with one attached hydrogen (secondary N) is 2. The quantitative estimate of drug-likeness (QED) is 0.787. The van der Waals surface area contributed by atoms with Crippen molar-refractivity contribution in [3.63, 3.8) is 0 Å². The molecule has 0 bridgehead atoms. The van der Waals surface area contributed by atoms with E-state index in [1.807, 2.05) is 13.1 Å². The lowest BCUT2D eigenvalue weighted by Gasteiger charge is -2.15. The second-order valence-electron chi connectivity index (χ2n) is 4.65. The molecule has 1 heterocycles. The number of likely N-dealkylation sites (N-methyl/N-ethyl adjacent to an activating group) is 1. The Kier molecular flexibility index (Phi) is 4.15. The maximum atomic E-state index is 11.9. The highest BCUT2D eigenvalue weighted by atomic mass is 16.1. The topological polar surface area (TPSA) is 57.3 Å². The number of hydrogen-bond donors (Lipinski definition) is 2. The second-order valence-corrected chi connectivity index (χ2v) is 4.65. The molecule has 0 unspecified atom stereocenters. The van der Waals surface area contributed by atoms with Crippen molar-refractivity contribution in [1.82, 2.24) is 15.2 Å². The molecule has 1 saturated carbocycles. The zero-order valence-corrected chi connectivity index (χ0v) is 10.9. The number of amides is 1. The highest BCUT2D eigenvalue weighted by Gasteiger charge is 2.25. The molecule has 0 spiro atoms. The molecule has 1 fully saturated rings. The summed E-state index contributed by atoms with van der Waals surface area (Å²) < 4.78 is 0. The van der Waals surface area contributed by atoms with Crippen LogP contribution >= 0.6 is 0 Å². The van der Waals surface area contributed by atoms with Crippen LogP contribution < -0.4 is 10.6 Å². The molecule has 1 amide bonds. The third-order valence-corrected chi connectivity index (χ3v) is 3.20. The molecular formula is C13H20N4O. The number of rotatable bonds is 6. The number of nitrogens with zero attached hydrogens (tertiary/aromatic N) is 2. The summed E-state index contributed by atoms with van der Waals surface area (Å²) in [5.41, 5.74) is 1.35. The number of carbonyl (C=O) groups excluding carboxylic acids is 1. The minimum absolute atomic E-state index is 0.115. The predicted octanol–water partition coefficient (Wildman–Crippen LogP) is 0.947. The Bertz CT molecular complexity index is 417. The lowest BCUT2D eigenvalue weighted by atomic mass is 10.3. The Morgan fingerprint density at radius 2 is 2.33 bits per heavy atom. The standard InChI is InChI=1S/C13H20N4O/c1-14-10-5-6-15-12(9-10)13(18)16-7-8-17(2)11-3-4-11/h5-6,9,11H,3-4,7-8H2,1-2H3,(H,14,15)(H,16,18). The summed E-state index contributed by atoms with van der Waals surface area (Å²) in [7, 11) is 3.92. The Morgan fingerprint density at radius 1 is 1.56 bits per heavy atom. The summed E-state index contributed by atoms with van der Waals surface area (Å²) in [5, 5.41) is 5.88. The Morgan fingerprint density at radius 3 is 3.00 bits per heavy atom. The number of anilines is 1. The van der Waals surface area contributed by atoms with Crippen LogP contribution in [0.5, 0.6) is 0 Å². The van der Waals surface area contributed by atoms with Crippen molar-refractivity contribution in [2.45, 2.75) is 18.9 Å². The number of hydrogen-bond acceptors (Lipinski definition) is 4. The molecule has 5 nitrogen and oxygen atoms in total. The second kappa shape index (κ2) is 5.82. The summed E-state index contributed by atoms with van der Waals surface area (Å²) in [6.45, 7) is 1.55. The SMILES string of the molecule is CNc1ccnc(C(=O)NCCN(C)C2CC2)c1. The normalized spacial score (nSPS) is 14.6. The fraction of sp³-hybridized carbons (Fsp3) is 0.538. The van der Waals surface area contributed by atoms with Crippen LogP contribution in [0.15, 0.2) is 18.3 Å². The maximum absolute atomic E-state index is 11.9. The highest BCUT2D eigenvalue weighted by Crippen LogP contribution is 2.24. The van der Waals surface area contributed by atoms with Gasteiger partial charge in [0.15, 0.2) is 0 Å². The van der Waals surface area contributed by atoms with Gasteiger partial charge in [0.1, 0.15) is 5.69 Å². The fourth-order valence-corrected chi connectivity index (χ4v) is 1.84. The number of carbonyl (C=O) groups is 1. The first-order chi connectivity index (χ1) is 8.70. The van der Waals surface area contributed by atoms with Crippen molar-refractivity contribution in [1.29, 1.82) is 0 Å². The van der Waals surface area contributed by atoms with Crippen LogP contribution in [0.3, 0.4) is 0 Å². The van der Waals surface area contributed by atoms with Gasteiger partial charge in [-0.3, -0.25) is 9.78 Å². The molecule has 1 aliphatic carbocycles. The van der Waals surface area contributed by atoms with Gasteiger partial charge in [-0.15, -0.1) is 0 Å². The molecule has 18 heavy (non-hydrogen) atoms. The lowest BCUT2D eigenvalue weighted by molar-refractivity contribution is 0.0944. The monoisotopic (exact) mass is 248 g/mol. The van der Waals surface area contributed by atoms with Crippen LogP contribution in [-0.2, 0) is 0 Å². The summed E-state index contributed by atoms with van der Waals surface area (Å²) in [5.74, 6) is -0.115. The van der Waals surface area contributed by atoms with E-state index < -0.39 is 0 Å². The molecule has 0 saturated heterocycles. The summed E-state index contributed by atoms with van der Waals surface area (Å²) in [6.07, 6.45) is 4.21. The van der Waals surface area contributed by atoms with Gasteiger partial charge in [-0.1, -0.05) is 0 Å². The smallest absolute Gasteiger partial charge is 0.269 e. The van der Waals surface area contributed by atoms with Gasteiger partial charge < -0.3 is 15.5 Å². The molecule has 5 heteroatoms. The zero-order chi connectivity index (χ0) is 13.0. The first-order valence-electron chi connectivity index (χ1n) is 6.33. The summed E-state index contributed by atoms with van der Waals surface area (Å²) in [4.78, 5) is 18.2. The van der Waals surface area contributed by atoms with Crippen LogP contribution in [0.1, 0.15) is 23.3 Å². The number of aromatic nitrogens is 1. The van der Waals surface area contributed by atoms with Crippen molar-refractivity contribution in [3.8, 4) is 0 Å². The highest BCUT2D eigenvalue weighted by molar-refractivity contribution is 5.93. The molecule has 98 valence electrons. The van der Waals surface area contributed by atoms with Crippen molar-refractivity contribution in [3.05, 3.63) is 24.0 Å². The van der Waals surface area contributed by atoms with E-state index in [2.05, 4.69) is 27.6 Å². The molecule has 0 aliphatic heterocycles. The van der Waals surface area contributed by atoms with E-state index in [9.17, 15) is 4.79 Å². The van der Waals surface area contributed by atoms with Gasteiger partial charge in [0, 0.05) is 38.1 Å². The summed E-state index contributed by atoms with van der Waals surface area (Å²) >= 11 is 0. The molecule has 0 radical (unpaired) electrons. The average molecular weight is 248 g/mol. The van der Waals surface area contributed by atoms with E-state index >= 15 is 0 Å². The molecular weight excluding hydrogens is 228 g/mol. The van der Waals surface area contributed by atoms with Gasteiger partial charge in [-0.05, 0) is 32.0 Å². The van der Waals surface area contributed by atoms with Crippen molar-refractivity contribution in [2.24, 2.45) is 0 Å². The Hall–Kier alpha value is -1.62. The van der Waals surface area contributed by atoms with E-state index in [1.165, 1.54) is 12.8 Å². The fourth-order valence-electron chi connectivity index (χ4n) is 1.84. The lowest BCUT2D eigenvalue weighted by Crippen LogP contribution is -2.34. The first-order valence-corrected chi connectivity index (χ1v) is 6.33. The Labute approximate surface area is 108 Å². The van der Waals surface area contributed by atoms with Crippen LogP contribution in [0.2, 0.25) is 0 Å². The van der Waals surface area contributed by atoms with Gasteiger partial charge in [0.25, 0.3) is 5.91 Å². The molecule has 1 aliphatic rings. The molecule has 2 N–H and O–H groups in total. The van der Waals surface area contributed by atoms with Gasteiger partial charge in [-0.25, -0.2) is 0 Å². The number of pyridine rings is 1. The van der Waals surface area contributed by atoms with Crippen molar-refractivity contribution < 1.29 is 4.79 Å². The average Bonchev–Trinajstić information content (AvgIpc) is 3.23. The zero-order valence-electron chi connectivity index (χ0n) is 10.9. The van der Waals surface area contributed by atoms with Crippen molar-refractivity contribution >= 4 is 11.6 Å². The molecule has 0 atom stereocenters. The molecule has 1 aromatic heterocycles. The third kappa shape index (κ3) is 3.43. The van der Waals surface area contributed by atoms with E-state index in [-0.39, 0.29) is 5.91 Å². The van der Waals surface area contributed by atoms with Gasteiger partial charge in [0.2, 0.25) is 0 Å². The summed E-state index contributed by atoms with van der Waals surface area (Å²) in [6, 6.07) is 4.31. The molecule has 0 aromatic carbocycles. The molecule has 1 aromatic rings. The van der Waals surface area contributed by atoms with Gasteiger partial charge >= 0.3 is 0 Å². The van der Waals surface area contributed by atoms with E-state index in [0.717, 1.165) is 18.3 Å². The van der Waals surface area contributed by atoms with Crippen LogP contribution in [0.25, 0.3) is 0 Å². The minimum Gasteiger partial charge on any atom is -0.388 e. The van der Waals surface area contributed by atoms with Crippen LogP contribution in [0, 0.1) is 0 Å². The predicted molar refractivity (Wildman–Crippen MR) is 71.8 cm³/mol. The maximum Gasteiger partial charge on any atom is 0.269 e. The first kappa shape index (κ1) is 12.8. The van der Waals surface area contributed by atoms with Crippen molar-refractivity contribution in [2.75, 3.05) is 32.5 Å². The van der Waals surface area contributed by atoms with E-state index in [1.54, 1.807) is 12.3 Å². The van der Waals surface area contributed by atoms with E-state index in [0.29, 0.717) is 12.2 Å². The van der Waals surface area contributed by atoms with Gasteiger partial charge in [0.05, 0.1) is 0 Å². The largest absolute Gasteiger partial charge is 0.388 e. The van der Waals surface area contributed by atoms with Crippen LogP contribution in [0.4, 0.5) is 5.69 Å². The minimum atomic E-state index is -0.115. The Balaban J connectivity index is 1.79.